The van der Waals surface area contributed by atoms with Crippen molar-refractivity contribution in [2.75, 3.05) is 6.61 Å². The number of halogens is 1. The molecular formula is C12H13FN3O9P. The summed E-state index contributed by atoms with van der Waals surface area (Å²) in [7, 11) is -4.85. The number of aliphatic hydroxyl groups excluding tert-OH is 2. The fourth-order valence-corrected chi connectivity index (χ4v) is 2.88. The average molecular weight is 393 g/mol. The third kappa shape index (κ3) is 3.59. The van der Waals surface area contributed by atoms with E-state index in [-0.39, 0.29) is 11.0 Å². The molecule has 1 aliphatic rings. The van der Waals surface area contributed by atoms with Crippen molar-refractivity contribution in [3.8, 4) is 0 Å². The van der Waals surface area contributed by atoms with E-state index in [4.69, 9.17) is 14.5 Å². The standard InChI is InChI=1S/C12H13FN3O9P/c13-5-1-7(17)14-10-4(5)2-16(12(20)15-10)11-9(19)8(18)6(25-11)3-24-26(21,22)23/h1-2,6,8-9,11,18-19H,3H2,(H2,21,22,23)(H,14,15,17,20)/t6-,8?,9+,11-/m1/s1. The normalized spacial score (nSPS) is 26.5. The minimum atomic E-state index is -4.85. The maximum absolute atomic E-state index is 13.9. The number of hydrogen-bond acceptors (Lipinski definition) is 8. The Bertz CT molecular complexity index is 1000. The molecule has 0 saturated carbocycles. The summed E-state index contributed by atoms with van der Waals surface area (Å²) in [5, 5.41) is 19.7. The van der Waals surface area contributed by atoms with Gasteiger partial charge in [0.25, 0.3) is 5.56 Å². The summed E-state index contributed by atoms with van der Waals surface area (Å²) in [5.41, 5.74) is -2.14. The van der Waals surface area contributed by atoms with Crippen LogP contribution in [0.2, 0.25) is 0 Å². The van der Waals surface area contributed by atoms with Crippen molar-refractivity contribution in [2.45, 2.75) is 24.5 Å². The van der Waals surface area contributed by atoms with E-state index >= 15 is 0 Å². The molecule has 0 aliphatic carbocycles. The smallest absolute Gasteiger partial charge is 0.387 e. The van der Waals surface area contributed by atoms with Gasteiger partial charge in [0, 0.05) is 12.3 Å². The van der Waals surface area contributed by atoms with Crippen LogP contribution in [0.5, 0.6) is 0 Å². The van der Waals surface area contributed by atoms with Crippen molar-refractivity contribution >= 4 is 18.9 Å². The van der Waals surface area contributed by atoms with E-state index in [0.29, 0.717) is 10.6 Å². The van der Waals surface area contributed by atoms with Crippen LogP contribution >= 0.6 is 7.82 Å². The maximum Gasteiger partial charge on any atom is 0.469 e. The molecule has 1 aliphatic heterocycles. The highest BCUT2D eigenvalue weighted by Crippen LogP contribution is 2.38. The number of nitrogens with zero attached hydrogens (tertiary/aromatic N) is 2. The third-order valence-electron chi connectivity index (χ3n) is 3.73. The zero-order valence-corrected chi connectivity index (χ0v) is 13.6. The van der Waals surface area contributed by atoms with Crippen molar-refractivity contribution in [2.24, 2.45) is 0 Å². The molecule has 1 fully saturated rings. The second kappa shape index (κ2) is 6.63. The van der Waals surface area contributed by atoms with Crippen molar-refractivity contribution in [1.82, 2.24) is 14.5 Å². The Morgan fingerprint density at radius 3 is 2.69 bits per heavy atom. The van der Waals surface area contributed by atoms with Gasteiger partial charge in [0.1, 0.15) is 29.8 Å². The van der Waals surface area contributed by atoms with Gasteiger partial charge in [-0.1, -0.05) is 0 Å². The lowest BCUT2D eigenvalue weighted by atomic mass is 10.1. The van der Waals surface area contributed by atoms with Gasteiger partial charge in [0.05, 0.1) is 12.0 Å². The molecule has 0 aromatic carbocycles. The summed E-state index contributed by atoms with van der Waals surface area (Å²) in [6.45, 7) is -0.767. The number of aromatic amines is 1. The van der Waals surface area contributed by atoms with Gasteiger partial charge in [-0.25, -0.2) is 13.8 Å². The third-order valence-corrected chi connectivity index (χ3v) is 4.21. The lowest BCUT2D eigenvalue weighted by Gasteiger charge is -2.17. The van der Waals surface area contributed by atoms with E-state index in [2.05, 4.69) is 14.5 Å². The van der Waals surface area contributed by atoms with Gasteiger partial charge < -0.3 is 29.7 Å². The zero-order valence-electron chi connectivity index (χ0n) is 12.7. The van der Waals surface area contributed by atoms with Crippen molar-refractivity contribution < 1.29 is 38.2 Å². The van der Waals surface area contributed by atoms with Crippen LogP contribution in [0.4, 0.5) is 4.39 Å². The first-order chi connectivity index (χ1) is 12.1. The van der Waals surface area contributed by atoms with Crippen LogP contribution in [0.1, 0.15) is 6.23 Å². The lowest BCUT2D eigenvalue weighted by molar-refractivity contribution is -0.0540. The van der Waals surface area contributed by atoms with Gasteiger partial charge in [-0.3, -0.25) is 13.9 Å². The predicted octanol–water partition coefficient (Wildman–Crippen LogP) is -2.05. The van der Waals surface area contributed by atoms with Crippen LogP contribution in [0.25, 0.3) is 11.0 Å². The SMILES string of the molecule is O=c1cc(F)c2cn([C@@H]3O[C@H](COP(=O)(O)O)C(O)[C@@H]3O)c(=O)nc2[nH]1. The van der Waals surface area contributed by atoms with Gasteiger partial charge in [0.15, 0.2) is 6.23 Å². The summed E-state index contributed by atoms with van der Waals surface area (Å²) in [6, 6.07) is 0.635. The number of rotatable bonds is 4. The molecule has 0 amide bonds. The van der Waals surface area contributed by atoms with Gasteiger partial charge in [-0.05, 0) is 0 Å². The van der Waals surface area contributed by atoms with Crippen LogP contribution in [0.3, 0.4) is 0 Å². The molecular weight excluding hydrogens is 380 g/mol. The molecule has 12 nitrogen and oxygen atoms in total. The number of H-pyrrole nitrogens is 1. The summed E-state index contributed by atoms with van der Waals surface area (Å²) in [4.78, 5) is 46.4. The molecule has 0 radical (unpaired) electrons. The molecule has 3 rings (SSSR count). The molecule has 2 aromatic rings. The predicted molar refractivity (Wildman–Crippen MR) is 80.5 cm³/mol. The average Bonchev–Trinajstić information content (AvgIpc) is 2.79. The summed E-state index contributed by atoms with van der Waals surface area (Å²) < 4.78 is 34.8. The fraction of sp³-hybridized carbons (Fsp3) is 0.417. The van der Waals surface area contributed by atoms with E-state index in [1.54, 1.807) is 0 Å². The van der Waals surface area contributed by atoms with Crippen LogP contribution in [0.15, 0.2) is 21.9 Å². The number of aromatic nitrogens is 3. The van der Waals surface area contributed by atoms with E-state index in [9.17, 15) is 28.8 Å². The molecule has 4 atom stereocenters. The number of hydrogen-bond donors (Lipinski definition) is 5. The number of phosphoric acid groups is 1. The van der Waals surface area contributed by atoms with Crippen LogP contribution in [-0.2, 0) is 13.8 Å². The fourth-order valence-electron chi connectivity index (χ4n) is 2.53. The first-order valence-corrected chi connectivity index (χ1v) is 8.63. The van der Waals surface area contributed by atoms with E-state index < -0.39 is 56.0 Å². The summed E-state index contributed by atoms with van der Waals surface area (Å²) >= 11 is 0. The molecule has 0 spiro atoms. The van der Waals surface area contributed by atoms with Gasteiger partial charge in [0.2, 0.25) is 0 Å². The maximum atomic E-state index is 13.9. The van der Waals surface area contributed by atoms with Crippen molar-refractivity contribution in [1.29, 1.82) is 0 Å². The Morgan fingerprint density at radius 1 is 1.35 bits per heavy atom. The first-order valence-electron chi connectivity index (χ1n) is 7.10. The Balaban J connectivity index is 1.96. The molecule has 0 bridgehead atoms. The van der Waals surface area contributed by atoms with E-state index in [1.165, 1.54) is 0 Å². The largest absolute Gasteiger partial charge is 0.469 e. The number of aliphatic hydroxyl groups is 2. The summed E-state index contributed by atoms with van der Waals surface area (Å²) in [5.74, 6) is -0.973. The van der Waals surface area contributed by atoms with Crippen molar-refractivity contribution in [3.05, 3.63) is 38.9 Å². The number of nitrogens with one attached hydrogen (secondary N) is 1. The Hall–Kier alpha value is -1.99. The molecule has 142 valence electrons. The van der Waals surface area contributed by atoms with Crippen LogP contribution < -0.4 is 11.2 Å². The minimum absolute atomic E-state index is 0.246. The second-order valence-electron chi connectivity index (χ2n) is 5.51. The highest BCUT2D eigenvalue weighted by Gasteiger charge is 2.45. The number of ether oxygens (including phenoxy) is 1. The Kier molecular flexibility index (Phi) is 4.79. The molecule has 3 heterocycles. The highest BCUT2D eigenvalue weighted by molar-refractivity contribution is 7.46. The lowest BCUT2D eigenvalue weighted by Crippen LogP contribution is -2.36. The monoisotopic (exact) mass is 393 g/mol. The molecule has 5 N–H and O–H groups in total. The Morgan fingerprint density at radius 2 is 2.04 bits per heavy atom. The molecule has 1 saturated heterocycles. The summed E-state index contributed by atoms with van der Waals surface area (Å²) in [6.07, 6.45) is -5.29. The van der Waals surface area contributed by atoms with Gasteiger partial charge in [-0.15, -0.1) is 0 Å². The van der Waals surface area contributed by atoms with Gasteiger partial charge >= 0.3 is 13.5 Å². The van der Waals surface area contributed by atoms with Crippen LogP contribution in [-0.4, -0.2) is 59.5 Å². The number of phosphoric ester groups is 1. The molecule has 2 aromatic heterocycles. The molecule has 26 heavy (non-hydrogen) atoms. The van der Waals surface area contributed by atoms with Crippen LogP contribution in [0, 0.1) is 5.82 Å². The number of fused-ring (bicyclic) bond motifs is 1. The second-order valence-corrected chi connectivity index (χ2v) is 6.75. The quantitative estimate of drug-likeness (QED) is 0.362. The number of pyridine rings is 1. The van der Waals surface area contributed by atoms with E-state index in [0.717, 1.165) is 6.20 Å². The highest BCUT2D eigenvalue weighted by atomic mass is 31.2. The zero-order chi connectivity index (χ0) is 19.2. The first kappa shape index (κ1) is 18.8. The van der Waals surface area contributed by atoms with Gasteiger partial charge in [-0.2, -0.15) is 4.98 Å². The van der Waals surface area contributed by atoms with Crippen molar-refractivity contribution in [3.63, 3.8) is 0 Å². The minimum Gasteiger partial charge on any atom is -0.387 e. The molecule has 1 unspecified atom stereocenters. The topological polar surface area (TPSA) is 184 Å². The van der Waals surface area contributed by atoms with E-state index in [1.807, 2.05) is 0 Å². The Labute approximate surface area is 142 Å². The molecule has 14 heteroatoms.